The van der Waals surface area contributed by atoms with Crippen molar-refractivity contribution < 1.29 is 18.7 Å². The van der Waals surface area contributed by atoms with E-state index in [2.05, 4.69) is 5.32 Å². The zero-order chi connectivity index (χ0) is 12.8. The zero-order valence-electron chi connectivity index (χ0n) is 9.54. The van der Waals surface area contributed by atoms with Gasteiger partial charge >= 0.3 is 6.03 Å². The van der Waals surface area contributed by atoms with Gasteiger partial charge in [-0.15, -0.1) is 0 Å². The standard InChI is InChI=1S/C11H13FN2O3/c1-7-4-3-5-8(10(7)12)17-6-9(15)14-11(16)13-2/h3-5H,6H2,1-2H3,(H2,13,14,15,16). The van der Waals surface area contributed by atoms with Crippen LogP contribution in [0.1, 0.15) is 5.56 Å². The number of halogens is 1. The molecule has 2 N–H and O–H groups in total. The Bertz CT molecular complexity index is 435. The van der Waals surface area contributed by atoms with Gasteiger partial charge in [-0.05, 0) is 18.6 Å². The van der Waals surface area contributed by atoms with Crippen LogP contribution in [0.5, 0.6) is 5.75 Å². The molecule has 0 fully saturated rings. The number of amides is 3. The second-order valence-corrected chi connectivity index (χ2v) is 3.30. The number of hydrogen-bond acceptors (Lipinski definition) is 3. The molecule has 0 saturated heterocycles. The Kier molecular flexibility index (Phi) is 4.45. The molecular weight excluding hydrogens is 227 g/mol. The van der Waals surface area contributed by atoms with Crippen LogP contribution in [0, 0.1) is 12.7 Å². The van der Waals surface area contributed by atoms with Crippen molar-refractivity contribution in [3.05, 3.63) is 29.6 Å². The van der Waals surface area contributed by atoms with E-state index < -0.39 is 24.4 Å². The normalized spacial score (nSPS) is 9.59. The number of nitrogens with one attached hydrogen (secondary N) is 2. The SMILES string of the molecule is CNC(=O)NC(=O)COc1cccc(C)c1F. The van der Waals surface area contributed by atoms with Gasteiger partial charge in [0.15, 0.2) is 18.2 Å². The zero-order valence-corrected chi connectivity index (χ0v) is 9.54. The summed E-state index contributed by atoms with van der Waals surface area (Å²) in [5.74, 6) is -1.18. The van der Waals surface area contributed by atoms with Crippen LogP contribution in [0.3, 0.4) is 0 Å². The van der Waals surface area contributed by atoms with Crippen molar-refractivity contribution in [1.29, 1.82) is 0 Å². The molecule has 0 bridgehead atoms. The number of aryl methyl sites for hydroxylation is 1. The lowest BCUT2D eigenvalue weighted by molar-refractivity contribution is -0.122. The highest BCUT2D eigenvalue weighted by Crippen LogP contribution is 2.19. The molecule has 0 aromatic heterocycles. The summed E-state index contributed by atoms with van der Waals surface area (Å²) in [5, 5.41) is 4.21. The molecule has 0 saturated carbocycles. The van der Waals surface area contributed by atoms with Gasteiger partial charge in [0.2, 0.25) is 0 Å². The monoisotopic (exact) mass is 240 g/mol. The van der Waals surface area contributed by atoms with E-state index in [1.165, 1.54) is 13.1 Å². The van der Waals surface area contributed by atoms with Gasteiger partial charge in [-0.1, -0.05) is 12.1 Å². The number of benzene rings is 1. The molecule has 6 heteroatoms. The lowest BCUT2D eigenvalue weighted by atomic mass is 10.2. The topological polar surface area (TPSA) is 67.4 Å². The Hall–Kier alpha value is -2.11. The van der Waals surface area contributed by atoms with Crippen molar-refractivity contribution in [3.8, 4) is 5.75 Å². The van der Waals surface area contributed by atoms with E-state index >= 15 is 0 Å². The lowest BCUT2D eigenvalue weighted by Crippen LogP contribution is -2.40. The maximum Gasteiger partial charge on any atom is 0.321 e. The lowest BCUT2D eigenvalue weighted by Gasteiger charge is -2.08. The van der Waals surface area contributed by atoms with E-state index in [1.807, 2.05) is 5.32 Å². The summed E-state index contributed by atoms with van der Waals surface area (Å²) in [6, 6.07) is 3.98. The molecule has 3 amide bonds. The smallest absolute Gasteiger partial charge is 0.321 e. The molecule has 0 atom stereocenters. The Labute approximate surface area is 98.0 Å². The third-order valence-corrected chi connectivity index (χ3v) is 2.00. The second-order valence-electron chi connectivity index (χ2n) is 3.30. The quantitative estimate of drug-likeness (QED) is 0.827. The fourth-order valence-electron chi connectivity index (χ4n) is 1.10. The summed E-state index contributed by atoms with van der Waals surface area (Å²) >= 11 is 0. The average Bonchev–Trinajstić information content (AvgIpc) is 2.31. The molecule has 0 radical (unpaired) electrons. The first-order valence-electron chi connectivity index (χ1n) is 4.94. The van der Waals surface area contributed by atoms with Crippen LogP contribution in [0.2, 0.25) is 0 Å². The number of imide groups is 1. The molecule has 0 unspecified atom stereocenters. The van der Waals surface area contributed by atoms with Crippen LogP contribution in [0.4, 0.5) is 9.18 Å². The maximum absolute atomic E-state index is 13.4. The van der Waals surface area contributed by atoms with Gasteiger partial charge in [0.25, 0.3) is 5.91 Å². The number of carbonyl (C=O) groups excluding carboxylic acids is 2. The molecule has 1 aromatic rings. The number of rotatable bonds is 3. The number of carbonyl (C=O) groups is 2. The molecule has 92 valence electrons. The molecule has 0 aliphatic rings. The van der Waals surface area contributed by atoms with E-state index in [1.54, 1.807) is 19.1 Å². The van der Waals surface area contributed by atoms with Gasteiger partial charge in [0, 0.05) is 7.05 Å². The summed E-state index contributed by atoms with van der Waals surface area (Å²) in [6.07, 6.45) is 0. The van der Waals surface area contributed by atoms with Crippen molar-refractivity contribution in [2.24, 2.45) is 0 Å². The van der Waals surface area contributed by atoms with E-state index in [0.717, 1.165) is 0 Å². The van der Waals surface area contributed by atoms with Gasteiger partial charge in [0.05, 0.1) is 0 Å². The first-order chi connectivity index (χ1) is 8.04. The van der Waals surface area contributed by atoms with Crippen LogP contribution >= 0.6 is 0 Å². The largest absolute Gasteiger partial charge is 0.481 e. The van der Waals surface area contributed by atoms with Crippen molar-refractivity contribution in [2.45, 2.75) is 6.92 Å². The summed E-state index contributed by atoms with van der Waals surface area (Å²) in [5.41, 5.74) is 0.425. The van der Waals surface area contributed by atoms with Gasteiger partial charge in [-0.25, -0.2) is 9.18 Å². The third-order valence-electron chi connectivity index (χ3n) is 2.00. The fourth-order valence-corrected chi connectivity index (χ4v) is 1.10. The Morgan fingerprint density at radius 3 is 2.76 bits per heavy atom. The fraction of sp³-hybridized carbons (Fsp3) is 0.273. The minimum Gasteiger partial charge on any atom is -0.481 e. The van der Waals surface area contributed by atoms with Crippen molar-refractivity contribution in [2.75, 3.05) is 13.7 Å². The first-order valence-corrected chi connectivity index (χ1v) is 4.94. The minimum absolute atomic E-state index is 0.0166. The van der Waals surface area contributed by atoms with E-state index in [0.29, 0.717) is 5.56 Å². The maximum atomic E-state index is 13.4. The van der Waals surface area contributed by atoms with Crippen molar-refractivity contribution >= 4 is 11.9 Å². The van der Waals surface area contributed by atoms with Crippen molar-refractivity contribution in [3.63, 3.8) is 0 Å². The molecule has 0 spiro atoms. The molecule has 0 heterocycles. The molecule has 1 aromatic carbocycles. The van der Waals surface area contributed by atoms with Crippen LogP contribution in [-0.4, -0.2) is 25.6 Å². The third kappa shape index (κ3) is 3.75. The van der Waals surface area contributed by atoms with Gasteiger partial charge in [-0.3, -0.25) is 10.1 Å². The molecule has 0 aliphatic heterocycles. The Balaban J connectivity index is 2.53. The molecule has 17 heavy (non-hydrogen) atoms. The van der Waals surface area contributed by atoms with Crippen LogP contribution in [0.25, 0.3) is 0 Å². The highest BCUT2D eigenvalue weighted by atomic mass is 19.1. The Morgan fingerprint density at radius 2 is 2.12 bits per heavy atom. The molecule has 0 aliphatic carbocycles. The minimum atomic E-state index is -0.648. The van der Waals surface area contributed by atoms with Gasteiger partial charge in [0.1, 0.15) is 0 Å². The second kappa shape index (κ2) is 5.83. The van der Waals surface area contributed by atoms with E-state index in [-0.39, 0.29) is 5.75 Å². The summed E-state index contributed by atoms with van der Waals surface area (Å²) < 4.78 is 18.4. The van der Waals surface area contributed by atoms with Crippen LogP contribution in [-0.2, 0) is 4.79 Å². The molecular formula is C11H13FN2O3. The number of ether oxygens (including phenoxy) is 1. The van der Waals surface area contributed by atoms with Gasteiger partial charge in [-0.2, -0.15) is 0 Å². The van der Waals surface area contributed by atoms with Crippen molar-refractivity contribution in [1.82, 2.24) is 10.6 Å². The van der Waals surface area contributed by atoms with Gasteiger partial charge < -0.3 is 10.1 Å². The Morgan fingerprint density at radius 1 is 1.41 bits per heavy atom. The highest BCUT2D eigenvalue weighted by Gasteiger charge is 2.10. The highest BCUT2D eigenvalue weighted by molar-refractivity contribution is 5.94. The van der Waals surface area contributed by atoms with E-state index in [9.17, 15) is 14.0 Å². The average molecular weight is 240 g/mol. The summed E-state index contributed by atoms with van der Waals surface area (Å²) in [4.78, 5) is 21.9. The molecule has 5 nitrogen and oxygen atoms in total. The molecule has 1 rings (SSSR count). The predicted molar refractivity (Wildman–Crippen MR) is 59.2 cm³/mol. The predicted octanol–water partition coefficient (Wildman–Crippen LogP) is 0.969. The number of urea groups is 1. The number of hydrogen-bond donors (Lipinski definition) is 2. The summed E-state index contributed by atoms with van der Waals surface area (Å²) in [7, 11) is 1.38. The van der Waals surface area contributed by atoms with E-state index in [4.69, 9.17) is 4.74 Å². The first kappa shape index (κ1) is 13.0. The summed E-state index contributed by atoms with van der Waals surface area (Å²) in [6.45, 7) is 1.17. The van der Waals surface area contributed by atoms with Crippen LogP contribution in [0.15, 0.2) is 18.2 Å². The van der Waals surface area contributed by atoms with Crippen LogP contribution < -0.4 is 15.4 Å².